The van der Waals surface area contributed by atoms with Crippen LogP contribution in [-0.2, 0) is 4.74 Å². The summed E-state index contributed by atoms with van der Waals surface area (Å²) in [5, 5.41) is 7.07. The van der Waals surface area contributed by atoms with E-state index in [0.717, 1.165) is 0 Å². The number of nitrogens with zero attached hydrogens (tertiary/aromatic N) is 2. The molecule has 0 bridgehead atoms. The highest BCUT2D eigenvalue weighted by atomic mass is 19.1. The van der Waals surface area contributed by atoms with Gasteiger partial charge in [0.05, 0.1) is 23.8 Å². The van der Waals surface area contributed by atoms with Crippen molar-refractivity contribution in [1.29, 1.82) is 0 Å². The quantitative estimate of drug-likeness (QED) is 0.513. The molecule has 142 valence electrons. The summed E-state index contributed by atoms with van der Waals surface area (Å²) in [4.78, 5) is 17.2. The molecule has 0 spiro atoms. The van der Waals surface area contributed by atoms with Crippen molar-refractivity contribution in [2.75, 3.05) is 20.3 Å². The van der Waals surface area contributed by atoms with Gasteiger partial charge in [-0.05, 0) is 30.3 Å². The number of carbonyl (C=O) groups excluding carboxylic acids is 1. The lowest BCUT2D eigenvalue weighted by Gasteiger charge is -2.08. The van der Waals surface area contributed by atoms with Crippen LogP contribution in [0.3, 0.4) is 0 Å². The lowest BCUT2D eigenvalue weighted by molar-refractivity contribution is 0.0938. The van der Waals surface area contributed by atoms with E-state index in [0.29, 0.717) is 30.0 Å². The molecule has 8 heteroatoms. The molecule has 4 rings (SSSR count). The molecule has 0 aliphatic rings. The highest BCUT2D eigenvalue weighted by Crippen LogP contribution is 2.33. The molecular formula is C20H16FN3O4. The molecular weight excluding hydrogens is 365 g/mol. The Balaban J connectivity index is 1.90. The number of benzene rings is 1. The molecule has 0 fully saturated rings. The number of aromatic nitrogens is 2. The van der Waals surface area contributed by atoms with E-state index in [1.807, 2.05) is 0 Å². The summed E-state index contributed by atoms with van der Waals surface area (Å²) in [5.74, 6) is -0.381. The molecule has 0 atom stereocenters. The number of halogens is 1. The minimum absolute atomic E-state index is 0.115. The van der Waals surface area contributed by atoms with Crippen LogP contribution in [0.25, 0.3) is 33.8 Å². The number of pyridine rings is 1. The van der Waals surface area contributed by atoms with Crippen LogP contribution in [-0.4, -0.2) is 36.3 Å². The van der Waals surface area contributed by atoms with E-state index in [9.17, 15) is 9.18 Å². The summed E-state index contributed by atoms with van der Waals surface area (Å²) in [7, 11) is 1.54. The second-order valence-electron chi connectivity index (χ2n) is 5.97. The van der Waals surface area contributed by atoms with Crippen LogP contribution in [0.15, 0.2) is 57.7 Å². The standard InChI is InChI=1S/C20H16FN3O4/c1-26-10-8-22-19(25)13-11-15(16-7-4-9-27-16)23-20-17(13)18(24-28-20)12-5-2-3-6-14(12)21/h2-7,9,11H,8,10H2,1H3,(H,22,25). The number of fused-ring (bicyclic) bond motifs is 1. The zero-order valence-electron chi connectivity index (χ0n) is 14.9. The number of ether oxygens (including phenoxy) is 1. The highest BCUT2D eigenvalue weighted by molar-refractivity contribution is 6.10. The molecule has 4 aromatic rings. The first-order valence-electron chi connectivity index (χ1n) is 8.55. The number of furan rings is 1. The third kappa shape index (κ3) is 3.25. The van der Waals surface area contributed by atoms with Crippen LogP contribution in [0.5, 0.6) is 0 Å². The van der Waals surface area contributed by atoms with Crippen LogP contribution in [0.1, 0.15) is 10.4 Å². The van der Waals surface area contributed by atoms with Crippen molar-refractivity contribution >= 4 is 17.0 Å². The van der Waals surface area contributed by atoms with Gasteiger partial charge >= 0.3 is 0 Å². The summed E-state index contributed by atoms with van der Waals surface area (Å²) in [6.07, 6.45) is 1.50. The van der Waals surface area contributed by atoms with Crippen molar-refractivity contribution in [3.8, 4) is 22.7 Å². The third-order valence-electron chi connectivity index (χ3n) is 4.19. The molecule has 3 aromatic heterocycles. The van der Waals surface area contributed by atoms with E-state index < -0.39 is 5.82 Å². The first-order valence-corrected chi connectivity index (χ1v) is 8.55. The van der Waals surface area contributed by atoms with Crippen molar-refractivity contribution in [2.45, 2.75) is 0 Å². The van der Waals surface area contributed by atoms with E-state index >= 15 is 0 Å². The summed E-state index contributed by atoms with van der Waals surface area (Å²) in [5.41, 5.74) is 1.21. The van der Waals surface area contributed by atoms with Gasteiger partial charge in [-0.15, -0.1) is 0 Å². The van der Waals surface area contributed by atoms with Gasteiger partial charge in [-0.2, -0.15) is 0 Å². The molecule has 0 unspecified atom stereocenters. The summed E-state index contributed by atoms with van der Waals surface area (Å²) in [6, 6.07) is 11.2. The average Bonchev–Trinajstić information content (AvgIpc) is 3.38. The van der Waals surface area contributed by atoms with Crippen LogP contribution in [0, 0.1) is 5.82 Å². The topological polar surface area (TPSA) is 90.4 Å². The van der Waals surface area contributed by atoms with E-state index in [2.05, 4.69) is 15.5 Å². The zero-order chi connectivity index (χ0) is 19.5. The van der Waals surface area contributed by atoms with Crippen molar-refractivity contribution in [1.82, 2.24) is 15.5 Å². The van der Waals surface area contributed by atoms with Crippen molar-refractivity contribution < 1.29 is 22.9 Å². The molecule has 1 amide bonds. The predicted octanol–water partition coefficient (Wildman–Crippen LogP) is 3.67. The fraction of sp³-hybridized carbons (Fsp3) is 0.150. The van der Waals surface area contributed by atoms with Gasteiger partial charge in [-0.3, -0.25) is 4.79 Å². The Morgan fingerprint density at radius 1 is 1.25 bits per heavy atom. The molecule has 3 heterocycles. The minimum Gasteiger partial charge on any atom is -0.463 e. The molecule has 0 aliphatic carbocycles. The Hall–Kier alpha value is -3.52. The van der Waals surface area contributed by atoms with Crippen LogP contribution in [0.2, 0.25) is 0 Å². The molecule has 0 saturated carbocycles. The molecule has 0 saturated heterocycles. The second-order valence-corrected chi connectivity index (χ2v) is 5.97. The molecule has 1 N–H and O–H groups in total. The Bertz CT molecular complexity index is 1120. The maximum absolute atomic E-state index is 14.3. The largest absolute Gasteiger partial charge is 0.463 e. The maximum atomic E-state index is 14.3. The van der Waals surface area contributed by atoms with Gasteiger partial charge in [0.1, 0.15) is 17.2 Å². The number of hydrogen-bond donors (Lipinski definition) is 1. The lowest BCUT2D eigenvalue weighted by Crippen LogP contribution is -2.27. The molecule has 28 heavy (non-hydrogen) atoms. The zero-order valence-corrected chi connectivity index (χ0v) is 14.9. The molecule has 0 aliphatic heterocycles. The van der Waals surface area contributed by atoms with Gasteiger partial charge in [0.25, 0.3) is 11.6 Å². The summed E-state index contributed by atoms with van der Waals surface area (Å²) in [6.45, 7) is 0.671. The number of rotatable bonds is 6. The van der Waals surface area contributed by atoms with Crippen LogP contribution in [0.4, 0.5) is 4.39 Å². The average molecular weight is 381 g/mol. The monoisotopic (exact) mass is 381 g/mol. The van der Waals surface area contributed by atoms with Gasteiger partial charge in [-0.1, -0.05) is 17.3 Å². The van der Waals surface area contributed by atoms with Gasteiger partial charge in [0.2, 0.25) is 0 Å². The lowest BCUT2D eigenvalue weighted by atomic mass is 10.0. The second kappa shape index (κ2) is 7.61. The predicted molar refractivity (Wildman–Crippen MR) is 99.1 cm³/mol. The highest BCUT2D eigenvalue weighted by Gasteiger charge is 2.23. The SMILES string of the molecule is COCCNC(=O)c1cc(-c2ccco2)nc2onc(-c3ccccc3F)c12. The summed E-state index contributed by atoms with van der Waals surface area (Å²) >= 11 is 0. The molecule has 1 aromatic carbocycles. The van der Waals surface area contributed by atoms with Crippen molar-refractivity contribution in [2.24, 2.45) is 0 Å². The number of carbonyl (C=O) groups is 1. The Morgan fingerprint density at radius 3 is 2.86 bits per heavy atom. The van der Waals surface area contributed by atoms with Crippen LogP contribution >= 0.6 is 0 Å². The first kappa shape index (κ1) is 17.9. The fourth-order valence-electron chi connectivity index (χ4n) is 2.88. The van der Waals surface area contributed by atoms with Crippen molar-refractivity contribution in [3.63, 3.8) is 0 Å². The molecule has 7 nitrogen and oxygen atoms in total. The van der Waals surface area contributed by atoms with E-state index in [-0.39, 0.29) is 28.4 Å². The Kier molecular flexibility index (Phi) is 4.86. The number of nitrogens with one attached hydrogen (secondary N) is 1. The van der Waals surface area contributed by atoms with Gasteiger partial charge < -0.3 is 19.0 Å². The normalized spacial score (nSPS) is 11.1. The molecule has 0 radical (unpaired) electrons. The number of amides is 1. The number of hydrogen-bond acceptors (Lipinski definition) is 6. The fourth-order valence-corrected chi connectivity index (χ4v) is 2.88. The smallest absolute Gasteiger partial charge is 0.259 e. The Morgan fingerprint density at radius 2 is 2.11 bits per heavy atom. The van der Waals surface area contributed by atoms with Gasteiger partial charge in [-0.25, -0.2) is 9.37 Å². The first-order chi connectivity index (χ1) is 13.7. The van der Waals surface area contributed by atoms with Gasteiger partial charge in [0, 0.05) is 19.2 Å². The maximum Gasteiger partial charge on any atom is 0.259 e. The number of methoxy groups -OCH3 is 1. The minimum atomic E-state index is -0.474. The summed E-state index contributed by atoms with van der Waals surface area (Å²) < 4.78 is 30.0. The van der Waals surface area contributed by atoms with E-state index in [1.165, 1.54) is 12.3 Å². The van der Waals surface area contributed by atoms with E-state index in [1.54, 1.807) is 43.5 Å². The Labute approximate surface area is 159 Å². The van der Waals surface area contributed by atoms with Crippen LogP contribution < -0.4 is 5.32 Å². The van der Waals surface area contributed by atoms with Gasteiger partial charge in [0.15, 0.2) is 5.76 Å². The van der Waals surface area contributed by atoms with Crippen molar-refractivity contribution in [3.05, 3.63) is 60.1 Å². The third-order valence-corrected chi connectivity index (χ3v) is 4.19. The van der Waals surface area contributed by atoms with E-state index in [4.69, 9.17) is 13.7 Å².